The van der Waals surface area contributed by atoms with E-state index in [1.54, 1.807) is 6.92 Å². The second-order valence-corrected chi connectivity index (χ2v) is 11.7. The molecule has 0 radical (unpaired) electrons. The standard InChI is InChI=1S/C18H27F2N3O4S2/c1-2-28(24,25)22-14-6-4-13(5-7-14)12-21-15-10-16(19)18(17(20)11-15)23-8-3-9-29(23,26)27/h10-11,13-14,21-22H,2-9,12H2,1H3/t13-,14-. The molecule has 1 saturated heterocycles. The number of sulfonamides is 2. The number of nitrogens with zero attached hydrogens (tertiary/aromatic N) is 1. The van der Waals surface area contributed by atoms with Gasteiger partial charge >= 0.3 is 0 Å². The van der Waals surface area contributed by atoms with E-state index in [0.29, 0.717) is 13.0 Å². The summed E-state index contributed by atoms with van der Waals surface area (Å²) in [6.07, 6.45) is 3.40. The molecule has 3 rings (SSSR count). The van der Waals surface area contributed by atoms with Crippen LogP contribution < -0.4 is 14.3 Å². The Labute approximate surface area is 171 Å². The normalized spacial score (nSPS) is 24.6. The zero-order valence-electron chi connectivity index (χ0n) is 16.3. The second-order valence-electron chi connectivity index (χ2n) is 7.65. The van der Waals surface area contributed by atoms with Gasteiger partial charge in [-0.05, 0) is 57.1 Å². The van der Waals surface area contributed by atoms with Gasteiger partial charge in [0.15, 0.2) is 11.6 Å². The van der Waals surface area contributed by atoms with Gasteiger partial charge < -0.3 is 5.32 Å². The first-order valence-corrected chi connectivity index (χ1v) is 13.1. The number of hydrogen-bond donors (Lipinski definition) is 2. The Hall–Kier alpha value is -1.46. The monoisotopic (exact) mass is 451 g/mol. The van der Waals surface area contributed by atoms with Gasteiger partial charge in [0.2, 0.25) is 20.0 Å². The molecule has 2 fully saturated rings. The van der Waals surface area contributed by atoms with Crippen LogP contribution in [-0.2, 0) is 20.0 Å². The fourth-order valence-electron chi connectivity index (χ4n) is 3.88. The Morgan fingerprint density at radius 1 is 1.14 bits per heavy atom. The molecule has 1 aromatic carbocycles. The number of hydrogen-bond acceptors (Lipinski definition) is 5. The lowest BCUT2D eigenvalue weighted by atomic mass is 9.86. The van der Waals surface area contributed by atoms with E-state index in [1.165, 1.54) is 0 Å². The Morgan fingerprint density at radius 2 is 1.76 bits per heavy atom. The molecule has 164 valence electrons. The summed E-state index contributed by atoms with van der Waals surface area (Å²) in [6.45, 7) is 2.18. The van der Waals surface area contributed by atoms with Crippen LogP contribution in [0, 0.1) is 17.6 Å². The number of benzene rings is 1. The van der Waals surface area contributed by atoms with Crippen molar-refractivity contribution in [3.8, 4) is 0 Å². The molecular weight excluding hydrogens is 424 g/mol. The van der Waals surface area contributed by atoms with Crippen LogP contribution in [-0.4, -0.2) is 47.5 Å². The first kappa shape index (κ1) is 22.2. The Balaban J connectivity index is 1.57. The lowest BCUT2D eigenvalue weighted by Crippen LogP contribution is -2.39. The summed E-state index contributed by atoms with van der Waals surface area (Å²) in [5.74, 6) is -1.60. The van der Waals surface area contributed by atoms with Gasteiger partial charge in [-0.2, -0.15) is 0 Å². The minimum atomic E-state index is -3.66. The summed E-state index contributed by atoms with van der Waals surface area (Å²) in [7, 11) is -6.88. The number of rotatable bonds is 7. The largest absolute Gasteiger partial charge is 0.385 e. The van der Waals surface area contributed by atoms with Crippen molar-refractivity contribution < 1.29 is 25.6 Å². The molecule has 0 aromatic heterocycles. The van der Waals surface area contributed by atoms with Crippen LogP contribution in [0.2, 0.25) is 0 Å². The van der Waals surface area contributed by atoms with Crippen molar-refractivity contribution >= 4 is 31.4 Å². The number of anilines is 2. The SMILES string of the molecule is CCS(=O)(=O)N[C@H]1CC[C@H](CNc2cc(F)c(N3CCCS3(=O)=O)c(F)c2)CC1. The van der Waals surface area contributed by atoms with Gasteiger partial charge in [0.25, 0.3) is 0 Å². The van der Waals surface area contributed by atoms with Gasteiger partial charge in [0, 0.05) is 24.8 Å². The van der Waals surface area contributed by atoms with Crippen LogP contribution in [0.4, 0.5) is 20.2 Å². The third kappa shape index (κ3) is 5.37. The molecule has 1 aromatic rings. The van der Waals surface area contributed by atoms with Crippen LogP contribution >= 0.6 is 0 Å². The van der Waals surface area contributed by atoms with E-state index in [1.807, 2.05) is 0 Å². The molecule has 1 aliphatic carbocycles. The summed E-state index contributed by atoms with van der Waals surface area (Å²) in [6, 6.07) is 2.17. The summed E-state index contributed by atoms with van der Waals surface area (Å²) in [5, 5.41) is 3.02. The molecule has 7 nitrogen and oxygen atoms in total. The lowest BCUT2D eigenvalue weighted by molar-refractivity contribution is 0.324. The lowest BCUT2D eigenvalue weighted by Gasteiger charge is -2.29. The Kier molecular flexibility index (Phi) is 6.69. The van der Waals surface area contributed by atoms with E-state index in [4.69, 9.17) is 0 Å². The van der Waals surface area contributed by atoms with Gasteiger partial charge in [-0.1, -0.05) is 0 Å². The van der Waals surface area contributed by atoms with Crippen LogP contribution in [0.3, 0.4) is 0 Å². The van der Waals surface area contributed by atoms with Gasteiger partial charge in [0.05, 0.1) is 11.5 Å². The van der Waals surface area contributed by atoms with Gasteiger partial charge in [-0.25, -0.2) is 30.3 Å². The van der Waals surface area contributed by atoms with Crippen LogP contribution in [0.25, 0.3) is 0 Å². The molecule has 0 spiro atoms. The zero-order valence-corrected chi connectivity index (χ0v) is 18.0. The van der Waals surface area contributed by atoms with Crippen molar-refractivity contribution in [1.29, 1.82) is 0 Å². The average molecular weight is 452 g/mol. The highest BCUT2D eigenvalue weighted by Crippen LogP contribution is 2.32. The third-order valence-corrected chi connectivity index (χ3v) is 8.83. The van der Waals surface area contributed by atoms with Gasteiger partial charge in [0.1, 0.15) is 5.69 Å². The van der Waals surface area contributed by atoms with Crippen molar-refractivity contribution in [3.63, 3.8) is 0 Å². The van der Waals surface area contributed by atoms with E-state index in [9.17, 15) is 25.6 Å². The van der Waals surface area contributed by atoms with Crippen molar-refractivity contribution in [2.75, 3.05) is 34.2 Å². The predicted octanol–water partition coefficient (Wildman–Crippen LogP) is 2.41. The molecule has 0 bridgehead atoms. The second kappa shape index (κ2) is 8.73. The minimum absolute atomic E-state index is 0.0559. The summed E-state index contributed by atoms with van der Waals surface area (Å²) in [4.78, 5) is 0. The molecule has 11 heteroatoms. The molecule has 29 heavy (non-hydrogen) atoms. The molecule has 1 aliphatic heterocycles. The van der Waals surface area contributed by atoms with Crippen LogP contribution in [0.5, 0.6) is 0 Å². The van der Waals surface area contributed by atoms with Crippen molar-refractivity contribution in [2.24, 2.45) is 5.92 Å². The average Bonchev–Trinajstić information content (AvgIpc) is 2.99. The smallest absolute Gasteiger partial charge is 0.235 e. The quantitative estimate of drug-likeness (QED) is 0.664. The highest BCUT2D eigenvalue weighted by Gasteiger charge is 2.33. The van der Waals surface area contributed by atoms with Crippen molar-refractivity contribution in [2.45, 2.75) is 45.1 Å². The van der Waals surface area contributed by atoms with E-state index in [2.05, 4.69) is 10.0 Å². The zero-order chi connectivity index (χ0) is 21.2. The fraction of sp³-hybridized carbons (Fsp3) is 0.667. The fourth-order valence-corrected chi connectivity index (χ4v) is 6.36. The highest BCUT2D eigenvalue weighted by molar-refractivity contribution is 7.93. The predicted molar refractivity (Wildman–Crippen MR) is 109 cm³/mol. The first-order valence-electron chi connectivity index (χ1n) is 9.84. The number of nitrogens with one attached hydrogen (secondary N) is 2. The van der Waals surface area contributed by atoms with Gasteiger partial charge in [-0.3, -0.25) is 4.31 Å². The Bertz CT molecular complexity index is 923. The van der Waals surface area contributed by atoms with Crippen LogP contribution in [0.15, 0.2) is 12.1 Å². The van der Waals surface area contributed by atoms with E-state index < -0.39 is 37.4 Å². The Morgan fingerprint density at radius 3 is 2.28 bits per heavy atom. The van der Waals surface area contributed by atoms with Crippen LogP contribution in [0.1, 0.15) is 39.0 Å². The van der Waals surface area contributed by atoms with E-state index in [-0.39, 0.29) is 35.7 Å². The molecule has 0 amide bonds. The van der Waals surface area contributed by atoms with E-state index in [0.717, 1.165) is 42.1 Å². The summed E-state index contributed by atoms with van der Waals surface area (Å²) >= 11 is 0. The molecule has 2 N–H and O–H groups in total. The molecule has 1 saturated carbocycles. The summed E-state index contributed by atoms with van der Waals surface area (Å²) < 4.78 is 79.6. The minimum Gasteiger partial charge on any atom is -0.385 e. The van der Waals surface area contributed by atoms with Crippen molar-refractivity contribution in [1.82, 2.24) is 4.72 Å². The highest BCUT2D eigenvalue weighted by atomic mass is 32.2. The maximum atomic E-state index is 14.5. The molecule has 0 atom stereocenters. The topological polar surface area (TPSA) is 95.6 Å². The van der Waals surface area contributed by atoms with Crippen molar-refractivity contribution in [3.05, 3.63) is 23.8 Å². The molecular formula is C18H27F2N3O4S2. The molecule has 1 heterocycles. The third-order valence-electron chi connectivity index (χ3n) is 5.53. The van der Waals surface area contributed by atoms with Gasteiger partial charge in [-0.15, -0.1) is 0 Å². The molecule has 2 aliphatic rings. The summed E-state index contributed by atoms with van der Waals surface area (Å²) in [5.41, 5.74) is -0.258. The molecule has 0 unspecified atom stereocenters. The number of halogens is 2. The maximum absolute atomic E-state index is 14.5. The maximum Gasteiger partial charge on any atom is 0.235 e. The van der Waals surface area contributed by atoms with E-state index >= 15 is 0 Å². The first-order chi connectivity index (χ1) is 13.6.